The fourth-order valence-electron chi connectivity index (χ4n) is 5.53. The number of anilines is 1. The Balaban J connectivity index is 1.34. The average Bonchev–Trinajstić information content (AvgIpc) is 3.79. The molecule has 1 aliphatic heterocycles. The number of rotatable bonds is 14. The van der Waals surface area contributed by atoms with Crippen LogP contribution in [0.3, 0.4) is 0 Å². The van der Waals surface area contributed by atoms with E-state index < -0.39 is 39.8 Å². The number of carbonyl (C=O) groups excluding carboxylic acids is 2. The number of ether oxygens (including phenoxy) is 2. The molecule has 270 valence electrons. The number of quaternary nitrogens is 1. The van der Waals surface area contributed by atoms with Gasteiger partial charge in [0, 0.05) is 33.0 Å². The summed E-state index contributed by atoms with van der Waals surface area (Å²) < 4.78 is 40.5. The van der Waals surface area contributed by atoms with Gasteiger partial charge < -0.3 is 14.6 Å². The third-order valence-corrected chi connectivity index (χ3v) is 9.57. The van der Waals surface area contributed by atoms with E-state index in [9.17, 15) is 19.1 Å². The van der Waals surface area contributed by atoms with Crippen LogP contribution in [0.25, 0.3) is 11.3 Å². The zero-order valence-corrected chi connectivity index (χ0v) is 30.0. The summed E-state index contributed by atoms with van der Waals surface area (Å²) in [5, 5.41) is 31.2. The lowest BCUT2D eigenvalue weighted by Gasteiger charge is -2.38. The molecule has 2 heterocycles. The lowest BCUT2D eigenvalue weighted by Crippen LogP contribution is -2.54. The van der Waals surface area contributed by atoms with Gasteiger partial charge >= 0.3 is 12.1 Å². The number of carbonyl (C=O) groups is 2. The smallest absolute Gasteiger partial charge is 0.411 e. The van der Waals surface area contributed by atoms with Gasteiger partial charge in [0.25, 0.3) is 0 Å². The van der Waals surface area contributed by atoms with E-state index in [1.165, 1.54) is 30.1 Å². The highest BCUT2D eigenvalue weighted by molar-refractivity contribution is 7.10. The van der Waals surface area contributed by atoms with E-state index in [1.54, 1.807) is 67.7 Å². The van der Waals surface area contributed by atoms with Crippen LogP contribution >= 0.6 is 22.9 Å². The summed E-state index contributed by atoms with van der Waals surface area (Å²) in [4.78, 5) is 35.5. The number of esters is 1. The minimum absolute atomic E-state index is 0.0434. The maximum absolute atomic E-state index is 15.5. The molecule has 0 bridgehead atoms. The minimum atomic E-state index is -2.10. The predicted molar refractivity (Wildman–Crippen MR) is 193 cm³/mol. The van der Waals surface area contributed by atoms with Gasteiger partial charge in [-0.05, 0) is 56.6 Å². The number of hydrogen-bond donors (Lipinski definition) is 2. The molecule has 1 aliphatic rings. The number of aliphatic hydroxyl groups is 1. The van der Waals surface area contributed by atoms with Gasteiger partial charge in [-0.1, -0.05) is 41.8 Å². The summed E-state index contributed by atoms with van der Waals surface area (Å²) in [6, 6.07) is 16.4. The number of likely N-dealkylation sites (N-methyl/N-ethyl adjacent to an activating group) is 1. The van der Waals surface area contributed by atoms with Crippen molar-refractivity contribution in [1.82, 2.24) is 9.88 Å². The summed E-state index contributed by atoms with van der Waals surface area (Å²) in [7, 11) is 3.46. The molecule has 0 aliphatic carbocycles. The summed E-state index contributed by atoms with van der Waals surface area (Å²) in [5.41, 5.74) is 0.154. The molecule has 0 spiro atoms. The molecule has 3 aromatic carbocycles. The number of nitriles is 1. The lowest BCUT2D eigenvalue weighted by molar-refractivity contribution is -0.848. The molecule has 52 heavy (non-hydrogen) atoms. The van der Waals surface area contributed by atoms with Crippen LogP contribution in [0.1, 0.15) is 34.5 Å². The molecule has 1 unspecified atom stereocenters. The number of hydrogen-bond acceptors (Lipinski definition) is 11. The second-order valence-electron chi connectivity index (χ2n) is 12.4. The number of nitrogens with zero attached hydrogens (tertiary/aromatic N) is 6. The van der Waals surface area contributed by atoms with Crippen LogP contribution in [0.2, 0.25) is 5.02 Å². The molecule has 1 aromatic heterocycles. The van der Waals surface area contributed by atoms with Crippen LogP contribution in [-0.2, 0) is 26.5 Å². The molecular formula is C36H35ClF2N7O5S+. The summed E-state index contributed by atoms with van der Waals surface area (Å²) in [5.74, 6) is -2.93. The third kappa shape index (κ3) is 9.21. The van der Waals surface area contributed by atoms with E-state index in [1.807, 2.05) is 0 Å². The van der Waals surface area contributed by atoms with E-state index >= 15 is 4.39 Å². The van der Waals surface area contributed by atoms with E-state index in [4.69, 9.17) is 31.3 Å². The van der Waals surface area contributed by atoms with Gasteiger partial charge in [-0.15, -0.1) is 15.9 Å². The van der Waals surface area contributed by atoms with Crippen molar-refractivity contribution in [1.29, 1.82) is 5.26 Å². The van der Waals surface area contributed by atoms with Gasteiger partial charge in [0.1, 0.15) is 37.9 Å². The van der Waals surface area contributed by atoms with E-state index in [2.05, 4.69) is 21.5 Å². The first-order valence-corrected chi connectivity index (χ1v) is 17.2. The van der Waals surface area contributed by atoms with E-state index in [0.29, 0.717) is 26.9 Å². The van der Waals surface area contributed by atoms with Crippen molar-refractivity contribution in [2.24, 2.45) is 10.1 Å². The maximum atomic E-state index is 15.5. The van der Waals surface area contributed by atoms with Crippen LogP contribution in [0.4, 0.5) is 19.3 Å². The largest absolute Gasteiger partial charge is 0.460 e. The zero-order valence-electron chi connectivity index (χ0n) is 28.4. The second-order valence-corrected chi connectivity index (χ2v) is 13.7. The van der Waals surface area contributed by atoms with Gasteiger partial charge in [0.05, 0.1) is 34.6 Å². The molecule has 16 heteroatoms. The summed E-state index contributed by atoms with van der Waals surface area (Å²) in [6.07, 6.45) is 1.83. The quantitative estimate of drug-likeness (QED) is 0.113. The number of nitrogens with one attached hydrogen (secondary N) is 1. The summed E-state index contributed by atoms with van der Waals surface area (Å²) in [6.45, 7) is 1.00. The Morgan fingerprint density at radius 1 is 1.13 bits per heavy atom. The monoisotopic (exact) mass is 750 g/mol. The topological polar surface area (TPSA) is 150 Å². The highest BCUT2D eigenvalue weighted by Gasteiger charge is 2.49. The SMILES string of the molecule is C[C@@H](c1nc(-c2ccc(C#N)cc2)cs1)[C@](O)(C[N+]1(CCOC(=O)Nc2cc(Cl)ccc2COC(=O)CN(C)C)C=NC=N1)c1cc(F)ccc1F. The Hall–Kier alpha value is -5.11. The lowest BCUT2D eigenvalue weighted by atomic mass is 9.81. The second kappa shape index (κ2) is 16.5. The molecule has 0 fully saturated rings. The van der Waals surface area contributed by atoms with Crippen LogP contribution < -0.4 is 5.32 Å². The van der Waals surface area contributed by atoms with Crippen LogP contribution in [0.15, 0.2) is 76.1 Å². The Morgan fingerprint density at radius 2 is 1.90 bits per heavy atom. The van der Waals surface area contributed by atoms with Gasteiger partial charge in [-0.25, -0.2) is 18.6 Å². The third-order valence-electron chi connectivity index (χ3n) is 8.31. The minimum Gasteiger partial charge on any atom is -0.460 e. The molecule has 2 N–H and O–H groups in total. The zero-order chi connectivity index (χ0) is 37.5. The number of halogens is 3. The molecule has 4 aromatic rings. The first-order chi connectivity index (χ1) is 24.8. The van der Waals surface area contributed by atoms with Gasteiger partial charge in [-0.3, -0.25) is 15.0 Å². The standard InChI is InChI=1S/C36H34ClF2N7O5S/c1-23(34-43-32(19-52-34)25-6-4-24(16-40)5-7-25)36(49,29-15-28(38)10-11-30(29)39)20-46(22-41-21-42-46)12-13-50-35(48)44-31-14-27(37)9-8-26(31)18-51-33(47)17-45(2)3/h4-11,14-15,19,21-23,49H,12-13,17-18,20H2,1-3H3/p+1/t23-,36+,46?/m0/s1. The van der Waals surface area contributed by atoms with Crippen molar-refractivity contribution in [2.75, 3.05) is 45.7 Å². The number of aromatic nitrogens is 1. The summed E-state index contributed by atoms with van der Waals surface area (Å²) >= 11 is 7.39. The Labute approximate surface area is 307 Å². The van der Waals surface area contributed by atoms with Gasteiger partial charge in [-0.2, -0.15) is 10.3 Å². The first-order valence-electron chi connectivity index (χ1n) is 15.9. The van der Waals surface area contributed by atoms with Crippen molar-refractivity contribution < 1.29 is 37.5 Å². The maximum Gasteiger partial charge on any atom is 0.411 e. The van der Waals surface area contributed by atoms with E-state index in [0.717, 1.165) is 23.8 Å². The van der Waals surface area contributed by atoms with Crippen LogP contribution in [0, 0.1) is 23.0 Å². The van der Waals surface area contributed by atoms with Crippen molar-refractivity contribution >= 4 is 53.4 Å². The fraction of sp³-hybridized carbons (Fsp3) is 0.278. The van der Waals surface area contributed by atoms with Crippen molar-refractivity contribution in [2.45, 2.75) is 25.0 Å². The number of amides is 1. The van der Waals surface area contributed by atoms with Crippen LogP contribution in [0.5, 0.6) is 0 Å². The molecular weight excluding hydrogens is 716 g/mol. The highest BCUT2D eigenvalue weighted by Crippen LogP contribution is 2.42. The number of benzene rings is 3. The molecule has 0 saturated heterocycles. The Morgan fingerprint density at radius 3 is 2.60 bits per heavy atom. The first kappa shape index (κ1) is 38.1. The molecule has 12 nitrogen and oxygen atoms in total. The van der Waals surface area contributed by atoms with Crippen molar-refractivity contribution in [3.05, 3.63) is 104 Å². The fourth-order valence-corrected chi connectivity index (χ4v) is 6.67. The van der Waals surface area contributed by atoms with E-state index in [-0.39, 0.29) is 44.1 Å². The molecule has 5 rings (SSSR count). The molecule has 3 atom stereocenters. The highest BCUT2D eigenvalue weighted by atomic mass is 35.5. The predicted octanol–water partition coefficient (Wildman–Crippen LogP) is 6.26. The van der Waals surface area contributed by atoms with Crippen LogP contribution in [-0.4, -0.2) is 84.7 Å². The Bertz CT molecular complexity index is 2020. The van der Waals surface area contributed by atoms with Crippen molar-refractivity contribution in [3.63, 3.8) is 0 Å². The van der Waals surface area contributed by atoms with Crippen molar-refractivity contribution in [3.8, 4) is 17.3 Å². The Kier molecular flexibility index (Phi) is 12.1. The van der Waals surface area contributed by atoms with Gasteiger partial charge in [0.2, 0.25) is 6.34 Å². The molecule has 0 radical (unpaired) electrons. The molecule has 0 saturated carbocycles. The number of aliphatic imine (C=N–C) groups is 1. The normalized spacial score (nSPS) is 16.7. The number of thiazole rings is 1. The van der Waals surface area contributed by atoms with Gasteiger partial charge in [0.15, 0.2) is 11.9 Å². The molecule has 1 amide bonds. The average molecular weight is 751 g/mol.